The fourth-order valence-corrected chi connectivity index (χ4v) is 8.23. The van der Waals surface area contributed by atoms with Gasteiger partial charge in [0.1, 0.15) is 5.75 Å². The topological polar surface area (TPSA) is 108 Å². The summed E-state index contributed by atoms with van der Waals surface area (Å²) in [6, 6.07) is 11.6. The molecule has 1 fully saturated rings. The maximum Gasteiger partial charge on any atom is 0.303 e. The third-order valence-electron chi connectivity index (χ3n) is 9.92. The van der Waals surface area contributed by atoms with Crippen molar-refractivity contribution in [3.63, 3.8) is 0 Å². The van der Waals surface area contributed by atoms with Gasteiger partial charge in [0.25, 0.3) is 11.8 Å². The molecule has 0 spiro atoms. The first-order valence-electron chi connectivity index (χ1n) is 15.5. The van der Waals surface area contributed by atoms with Crippen LogP contribution in [0.4, 0.5) is 5.69 Å². The predicted molar refractivity (Wildman–Crippen MR) is 169 cm³/mol. The van der Waals surface area contributed by atoms with Crippen LogP contribution in [0.2, 0.25) is 0 Å². The van der Waals surface area contributed by atoms with E-state index in [0.29, 0.717) is 24.6 Å². The molecule has 2 aromatic rings. The summed E-state index contributed by atoms with van der Waals surface area (Å²) in [4.78, 5) is 31.5. The van der Waals surface area contributed by atoms with E-state index in [1.807, 2.05) is 31.2 Å². The zero-order valence-electron chi connectivity index (χ0n) is 26.0. The van der Waals surface area contributed by atoms with E-state index in [4.69, 9.17) is 9.47 Å². The number of allylic oxidation sites excluding steroid dienone is 1. The number of carbonyl (C=O) groups excluding carboxylic acids is 2. The van der Waals surface area contributed by atoms with Gasteiger partial charge in [-0.3, -0.25) is 9.59 Å². The van der Waals surface area contributed by atoms with Crippen molar-refractivity contribution in [2.24, 2.45) is 5.92 Å². The number of carbonyl (C=O) groups is 2. The number of benzene rings is 2. The van der Waals surface area contributed by atoms with Gasteiger partial charge in [-0.1, -0.05) is 31.4 Å². The lowest BCUT2D eigenvalue weighted by Gasteiger charge is -2.36. The van der Waals surface area contributed by atoms with Gasteiger partial charge in [0, 0.05) is 56.5 Å². The van der Waals surface area contributed by atoms with Gasteiger partial charge in [-0.05, 0) is 72.2 Å². The third-order valence-corrected chi connectivity index (χ3v) is 11.4. The van der Waals surface area contributed by atoms with Gasteiger partial charge in [-0.25, -0.2) is 4.72 Å². The molecule has 11 heteroatoms. The number of likely N-dealkylation sites (N-methyl/N-ethyl adjacent to an activating group) is 2. The van der Waals surface area contributed by atoms with Gasteiger partial charge in [0.05, 0.1) is 26.4 Å². The SMILES string of the molecule is COc1ccc2c(c1)C(C)=C1CN3c4cc(ccc4C(C4CCCCC4)C23)C(=O)NS(=O)(=O)N(C)CCOCCN(C)C1=O. The highest BCUT2D eigenvalue weighted by molar-refractivity contribution is 7.87. The number of hydrogen-bond donors (Lipinski definition) is 1. The van der Waals surface area contributed by atoms with Crippen LogP contribution in [0.3, 0.4) is 0 Å². The Bertz CT molecular complexity index is 1600. The number of nitrogens with zero attached hydrogens (tertiary/aromatic N) is 3. The van der Waals surface area contributed by atoms with Crippen LogP contribution < -0.4 is 14.4 Å². The van der Waals surface area contributed by atoms with E-state index in [1.54, 1.807) is 25.1 Å². The normalized spacial score (nSPS) is 25.0. The number of fused-ring (bicyclic) bond motifs is 4. The Labute approximate surface area is 260 Å². The molecule has 0 saturated heterocycles. The van der Waals surface area contributed by atoms with Gasteiger partial charge in [0.15, 0.2) is 0 Å². The van der Waals surface area contributed by atoms with Gasteiger partial charge >= 0.3 is 10.2 Å². The monoisotopic (exact) mass is 622 g/mol. The van der Waals surface area contributed by atoms with Crippen LogP contribution in [0, 0.1) is 5.92 Å². The van der Waals surface area contributed by atoms with E-state index in [1.165, 1.54) is 26.3 Å². The molecule has 0 aromatic heterocycles. The van der Waals surface area contributed by atoms with E-state index in [-0.39, 0.29) is 43.2 Å². The summed E-state index contributed by atoms with van der Waals surface area (Å²) in [5.41, 5.74) is 6.01. The van der Waals surface area contributed by atoms with Gasteiger partial charge in [0.2, 0.25) is 0 Å². The maximum absolute atomic E-state index is 14.2. The van der Waals surface area contributed by atoms with Gasteiger partial charge in [-0.2, -0.15) is 12.7 Å². The van der Waals surface area contributed by atoms with E-state index < -0.39 is 16.1 Å². The standard InChI is InChI=1S/C33H42N4O6S/c1-21-27-19-24(42-4)11-13-25(27)31-30(22-8-6-5-7-9-22)26-12-10-23-18-29(26)37(31)20-28(21)33(39)35(2)14-16-43-17-15-36(3)44(40,41)34-32(23)38/h10-13,18-19,22,30-31H,5-9,14-17,20H2,1-4H3,(H,34,38). The number of amides is 2. The molecule has 2 aromatic carbocycles. The zero-order chi connectivity index (χ0) is 31.2. The van der Waals surface area contributed by atoms with Crippen molar-refractivity contribution in [3.8, 4) is 5.75 Å². The Balaban J connectivity index is 1.55. The number of rotatable bonds is 2. The number of hydrogen-bond acceptors (Lipinski definition) is 7. The molecule has 6 rings (SSSR count). The zero-order valence-corrected chi connectivity index (χ0v) is 26.8. The molecule has 2 amide bonds. The van der Waals surface area contributed by atoms with Crippen molar-refractivity contribution >= 4 is 33.3 Å². The van der Waals surface area contributed by atoms with Crippen LogP contribution in [-0.4, -0.2) is 83.5 Å². The Morgan fingerprint density at radius 1 is 0.955 bits per heavy atom. The number of methoxy groups -OCH3 is 1. The average molecular weight is 623 g/mol. The minimum Gasteiger partial charge on any atom is -0.497 e. The van der Waals surface area contributed by atoms with Crippen LogP contribution in [0.25, 0.3) is 5.57 Å². The van der Waals surface area contributed by atoms with Crippen molar-refractivity contribution in [2.75, 3.05) is 59.0 Å². The predicted octanol–water partition coefficient (Wildman–Crippen LogP) is 4.10. The van der Waals surface area contributed by atoms with Gasteiger partial charge in [-0.15, -0.1) is 0 Å². The lowest BCUT2D eigenvalue weighted by atomic mass is 9.72. The molecule has 1 aliphatic carbocycles. The molecule has 3 aliphatic heterocycles. The van der Waals surface area contributed by atoms with Crippen molar-refractivity contribution in [1.82, 2.24) is 13.9 Å². The first kappa shape index (κ1) is 30.6. The molecular formula is C33H42N4O6S. The van der Waals surface area contributed by atoms with E-state index in [0.717, 1.165) is 50.8 Å². The second-order valence-corrected chi connectivity index (χ2v) is 14.2. The molecule has 0 radical (unpaired) electrons. The second kappa shape index (κ2) is 12.2. The first-order chi connectivity index (χ1) is 21.1. The minimum absolute atomic E-state index is 0.0573. The minimum atomic E-state index is -4.08. The molecule has 2 unspecified atom stereocenters. The Hall–Kier alpha value is -3.41. The molecular weight excluding hydrogens is 580 g/mol. The summed E-state index contributed by atoms with van der Waals surface area (Å²) in [5.74, 6) is 0.556. The Morgan fingerprint density at radius 3 is 2.43 bits per heavy atom. The van der Waals surface area contributed by atoms with Crippen molar-refractivity contribution in [3.05, 3.63) is 64.2 Å². The summed E-state index contributed by atoms with van der Waals surface area (Å²) in [6.45, 7) is 3.16. The lowest BCUT2D eigenvalue weighted by Crippen LogP contribution is -2.42. The van der Waals surface area contributed by atoms with Crippen LogP contribution >= 0.6 is 0 Å². The highest BCUT2D eigenvalue weighted by atomic mass is 32.2. The Morgan fingerprint density at radius 2 is 1.68 bits per heavy atom. The van der Waals surface area contributed by atoms with Crippen LogP contribution in [0.15, 0.2) is 42.0 Å². The Kier molecular flexibility index (Phi) is 8.47. The molecule has 1 saturated carbocycles. The number of ether oxygens (including phenoxy) is 2. The highest BCUT2D eigenvalue weighted by Gasteiger charge is 2.47. The molecule has 3 heterocycles. The molecule has 4 bridgehead atoms. The number of nitrogens with one attached hydrogen (secondary N) is 1. The fraction of sp³-hybridized carbons (Fsp3) is 0.515. The fourth-order valence-electron chi connectivity index (χ4n) is 7.41. The molecule has 10 nitrogen and oxygen atoms in total. The first-order valence-corrected chi connectivity index (χ1v) is 16.9. The summed E-state index contributed by atoms with van der Waals surface area (Å²) >= 11 is 0. The quantitative estimate of drug-likeness (QED) is 0.537. The second-order valence-electron chi connectivity index (χ2n) is 12.4. The van der Waals surface area contributed by atoms with Crippen molar-refractivity contribution in [1.29, 1.82) is 0 Å². The largest absolute Gasteiger partial charge is 0.497 e. The van der Waals surface area contributed by atoms with Crippen LogP contribution in [-0.2, 0) is 19.7 Å². The summed E-state index contributed by atoms with van der Waals surface area (Å²) < 4.78 is 40.6. The number of anilines is 1. The maximum atomic E-state index is 14.2. The average Bonchev–Trinajstić information content (AvgIpc) is 3.28. The molecule has 1 N–H and O–H groups in total. The molecule has 2 atom stereocenters. The van der Waals surface area contributed by atoms with E-state index in [9.17, 15) is 18.0 Å². The summed E-state index contributed by atoms with van der Waals surface area (Å²) in [7, 11) is 0.752. The molecule has 4 aliphatic rings. The van der Waals surface area contributed by atoms with Crippen molar-refractivity contribution < 1.29 is 27.5 Å². The van der Waals surface area contributed by atoms with Crippen LogP contribution in [0.5, 0.6) is 5.75 Å². The highest BCUT2D eigenvalue weighted by Crippen LogP contribution is 2.57. The van der Waals surface area contributed by atoms with E-state index >= 15 is 0 Å². The van der Waals surface area contributed by atoms with Gasteiger partial charge < -0.3 is 19.3 Å². The molecule has 236 valence electrons. The summed E-state index contributed by atoms with van der Waals surface area (Å²) in [6.07, 6.45) is 5.83. The summed E-state index contributed by atoms with van der Waals surface area (Å²) in [5, 5.41) is 0. The van der Waals surface area contributed by atoms with E-state index in [2.05, 4.69) is 15.7 Å². The van der Waals surface area contributed by atoms with Crippen molar-refractivity contribution in [2.45, 2.75) is 51.0 Å². The molecule has 44 heavy (non-hydrogen) atoms. The third kappa shape index (κ3) is 5.50. The smallest absolute Gasteiger partial charge is 0.303 e. The van der Waals surface area contributed by atoms with Crippen LogP contribution in [0.1, 0.15) is 78.0 Å². The lowest BCUT2D eigenvalue weighted by molar-refractivity contribution is -0.126.